The molecule has 20 heavy (non-hydrogen) atoms. The maximum Gasteiger partial charge on any atom is 0.240 e. The van der Waals surface area contributed by atoms with E-state index in [1.165, 1.54) is 0 Å². The molecule has 6 nitrogen and oxygen atoms in total. The molecule has 2 N–H and O–H groups in total. The van der Waals surface area contributed by atoms with Crippen molar-refractivity contribution in [1.82, 2.24) is 24.5 Å². The highest BCUT2D eigenvalue weighted by atomic mass is 35.5. The highest BCUT2D eigenvalue weighted by Crippen LogP contribution is 2.28. The molecule has 8 heteroatoms. The number of hydrogen-bond donors (Lipinski definition) is 1. The van der Waals surface area contributed by atoms with E-state index in [0.29, 0.717) is 27.4 Å². The molecule has 3 rings (SSSR count). The van der Waals surface area contributed by atoms with Crippen LogP contribution in [0.3, 0.4) is 0 Å². The molecule has 100 valence electrons. The molecule has 0 spiro atoms. The van der Waals surface area contributed by atoms with Crippen molar-refractivity contribution in [3.05, 3.63) is 47.0 Å². The van der Waals surface area contributed by atoms with Gasteiger partial charge in [0.15, 0.2) is 5.82 Å². The minimum atomic E-state index is 0.102. The molecule has 0 fully saturated rings. The summed E-state index contributed by atoms with van der Waals surface area (Å²) >= 11 is 12.0. The zero-order valence-corrected chi connectivity index (χ0v) is 11.5. The van der Waals surface area contributed by atoms with Crippen molar-refractivity contribution >= 4 is 29.2 Å². The van der Waals surface area contributed by atoms with Gasteiger partial charge in [0.25, 0.3) is 0 Å². The Kier molecular flexibility index (Phi) is 3.25. The smallest absolute Gasteiger partial charge is 0.240 e. The van der Waals surface area contributed by atoms with Gasteiger partial charge in [0.1, 0.15) is 6.33 Å². The number of imidazole rings is 1. The molecule has 2 heterocycles. The van der Waals surface area contributed by atoms with Crippen LogP contribution in [-0.2, 0) is 0 Å². The Morgan fingerprint density at radius 2 is 1.95 bits per heavy atom. The minimum Gasteiger partial charge on any atom is -0.368 e. The fraction of sp³-hybridized carbons (Fsp3) is 0. The molecule has 3 aromatic rings. The van der Waals surface area contributed by atoms with Crippen molar-refractivity contribution in [2.45, 2.75) is 0 Å². The standard InChI is InChI=1S/C12H8Cl2N6/c13-7-1-2-8(9(14)5-7)10-17-11(15)19-12(18-10)20-4-3-16-6-20/h1-6H,(H2,15,17,18,19). The first kappa shape index (κ1) is 12.8. The average Bonchev–Trinajstić information content (AvgIpc) is 2.91. The highest BCUT2D eigenvalue weighted by Gasteiger charge is 2.11. The van der Waals surface area contributed by atoms with Crippen LogP contribution in [0.1, 0.15) is 0 Å². The molecule has 0 aliphatic rings. The van der Waals surface area contributed by atoms with Gasteiger partial charge in [-0.3, -0.25) is 4.57 Å². The Balaban J connectivity index is 2.14. The van der Waals surface area contributed by atoms with E-state index in [1.807, 2.05) is 0 Å². The molecule has 0 radical (unpaired) electrons. The third-order valence-corrected chi connectivity index (χ3v) is 3.10. The molecule has 2 aromatic heterocycles. The first-order chi connectivity index (χ1) is 9.63. The van der Waals surface area contributed by atoms with Crippen LogP contribution in [0, 0.1) is 0 Å². The van der Waals surface area contributed by atoms with Gasteiger partial charge in [0, 0.05) is 23.0 Å². The third-order valence-electron chi connectivity index (χ3n) is 2.55. The number of nitrogens with zero attached hydrogens (tertiary/aromatic N) is 5. The van der Waals surface area contributed by atoms with Crippen molar-refractivity contribution < 1.29 is 0 Å². The van der Waals surface area contributed by atoms with E-state index in [4.69, 9.17) is 28.9 Å². The number of benzene rings is 1. The van der Waals surface area contributed by atoms with E-state index in [1.54, 1.807) is 41.5 Å². The largest absolute Gasteiger partial charge is 0.368 e. The van der Waals surface area contributed by atoms with Crippen LogP contribution < -0.4 is 5.73 Å². The summed E-state index contributed by atoms with van der Waals surface area (Å²) in [6.07, 6.45) is 4.90. The topological polar surface area (TPSA) is 82.5 Å². The van der Waals surface area contributed by atoms with Gasteiger partial charge in [0.2, 0.25) is 11.9 Å². The second-order valence-electron chi connectivity index (χ2n) is 3.91. The Bertz CT molecular complexity index is 757. The average molecular weight is 307 g/mol. The summed E-state index contributed by atoms with van der Waals surface area (Å²) in [5.41, 5.74) is 6.35. The van der Waals surface area contributed by atoms with Gasteiger partial charge in [-0.2, -0.15) is 15.0 Å². The van der Waals surface area contributed by atoms with Crippen molar-refractivity contribution in [2.24, 2.45) is 0 Å². The lowest BCUT2D eigenvalue weighted by Crippen LogP contribution is -2.06. The maximum absolute atomic E-state index is 6.15. The quantitative estimate of drug-likeness (QED) is 0.787. The van der Waals surface area contributed by atoms with E-state index in [0.717, 1.165) is 0 Å². The van der Waals surface area contributed by atoms with Gasteiger partial charge in [-0.25, -0.2) is 4.98 Å². The van der Waals surface area contributed by atoms with E-state index in [-0.39, 0.29) is 5.95 Å². The predicted octanol–water partition coefficient (Wildman–Crippen LogP) is 2.61. The molecule has 0 aliphatic heterocycles. The van der Waals surface area contributed by atoms with Crippen molar-refractivity contribution in [1.29, 1.82) is 0 Å². The Morgan fingerprint density at radius 1 is 1.10 bits per heavy atom. The Morgan fingerprint density at radius 3 is 2.65 bits per heavy atom. The van der Waals surface area contributed by atoms with Crippen LogP contribution in [0.2, 0.25) is 10.0 Å². The van der Waals surface area contributed by atoms with E-state index in [9.17, 15) is 0 Å². The molecule has 0 bridgehead atoms. The Hall–Kier alpha value is -2.18. The summed E-state index contributed by atoms with van der Waals surface area (Å²) in [5, 5.41) is 0.982. The summed E-state index contributed by atoms with van der Waals surface area (Å²) < 4.78 is 1.63. The summed E-state index contributed by atoms with van der Waals surface area (Å²) in [4.78, 5) is 16.4. The number of nitrogens with two attached hydrogens (primary N) is 1. The van der Waals surface area contributed by atoms with E-state index < -0.39 is 0 Å². The summed E-state index contributed by atoms with van der Waals surface area (Å²) in [6, 6.07) is 5.06. The fourth-order valence-electron chi connectivity index (χ4n) is 1.66. The lowest BCUT2D eigenvalue weighted by Gasteiger charge is -2.06. The van der Waals surface area contributed by atoms with Gasteiger partial charge in [-0.1, -0.05) is 23.2 Å². The molecule has 0 saturated carbocycles. The molecular weight excluding hydrogens is 299 g/mol. The third kappa shape index (κ3) is 2.43. The van der Waals surface area contributed by atoms with Gasteiger partial charge in [-0.15, -0.1) is 0 Å². The molecule has 0 saturated heterocycles. The molecular formula is C12H8Cl2N6. The highest BCUT2D eigenvalue weighted by molar-refractivity contribution is 6.36. The summed E-state index contributed by atoms with van der Waals surface area (Å²) in [5.74, 6) is 0.851. The van der Waals surface area contributed by atoms with Crippen molar-refractivity contribution in [2.75, 3.05) is 5.73 Å². The number of halogens is 2. The van der Waals surface area contributed by atoms with Crippen LogP contribution in [0.5, 0.6) is 0 Å². The van der Waals surface area contributed by atoms with Crippen LogP contribution in [-0.4, -0.2) is 24.5 Å². The van der Waals surface area contributed by atoms with Crippen LogP contribution in [0.25, 0.3) is 17.3 Å². The molecule has 1 aromatic carbocycles. The molecule has 0 amide bonds. The second kappa shape index (κ2) is 5.07. The number of rotatable bonds is 2. The van der Waals surface area contributed by atoms with E-state index in [2.05, 4.69) is 19.9 Å². The first-order valence-corrected chi connectivity index (χ1v) is 6.34. The number of anilines is 1. The molecule has 0 atom stereocenters. The summed E-state index contributed by atoms with van der Waals surface area (Å²) in [6.45, 7) is 0. The number of aromatic nitrogens is 5. The maximum atomic E-state index is 6.15. The molecule has 0 aliphatic carbocycles. The monoisotopic (exact) mass is 306 g/mol. The predicted molar refractivity (Wildman–Crippen MR) is 76.8 cm³/mol. The van der Waals surface area contributed by atoms with Crippen LogP contribution >= 0.6 is 23.2 Å². The van der Waals surface area contributed by atoms with Crippen LogP contribution in [0.4, 0.5) is 5.95 Å². The minimum absolute atomic E-state index is 0.102. The lowest BCUT2D eigenvalue weighted by molar-refractivity contribution is 0.906. The van der Waals surface area contributed by atoms with Gasteiger partial charge >= 0.3 is 0 Å². The zero-order valence-electron chi connectivity index (χ0n) is 10.0. The normalized spacial score (nSPS) is 10.7. The van der Waals surface area contributed by atoms with Crippen molar-refractivity contribution in [3.8, 4) is 17.3 Å². The molecule has 0 unspecified atom stereocenters. The van der Waals surface area contributed by atoms with Crippen molar-refractivity contribution in [3.63, 3.8) is 0 Å². The van der Waals surface area contributed by atoms with E-state index >= 15 is 0 Å². The lowest BCUT2D eigenvalue weighted by atomic mass is 10.2. The van der Waals surface area contributed by atoms with Crippen LogP contribution in [0.15, 0.2) is 36.9 Å². The Labute approximate surface area is 124 Å². The van der Waals surface area contributed by atoms with Gasteiger partial charge in [0.05, 0.1) is 5.02 Å². The van der Waals surface area contributed by atoms with Gasteiger partial charge < -0.3 is 5.73 Å². The number of hydrogen-bond acceptors (Lipinski definition) is 5. The summed E-state index contributed by atoms with van der Waals surface area (Å²) in [7, 11) is 0. The SMILES string of the molecule is Nc1nc(-c2ccc(Cl)cc2Cl)nc(-n2ccnc2)n1. The second-order valence-corrected chi connectivity index (χ2v) is 4.75. The van der Waals surface area contributed by atoms with Gasteiger partial charge in [-0.05, 0) is 18.2 Å². The fourth-order valence-corrected chi connectivity index (χ4v) is 2.16. The number of nitrogen functional groups attached to an aromatic ring is 1. The first-order valence-electron chi connectivity index (χ1n) is 5.59. The zero-order chi connectivity index (χ0) is 14.1.